The number of likely N-dealkylation sites (tertiary alicyclic amines) is 1. The maximum Gasteiger partial charge on any atom is 0.293 e. The molecule has 1 saturated heterocycles. The van der Waals surface area contributed by atoms with Crippen LogP contribution in [0.4, 0.5) is 4.39 Å². The molecule has 2 aromatic heterocycles. The third-order valence-electron chi connectivity index (χ3n) is 4.80. The number of hydrogen-bond donors (Lipinski definition) is 0. The minimum absolute atomic E-state index is 0.0948. The van der Waals surface area contributed by atoms with Crippen molar-refractivity contribution in [3.05, 3.63) is 59.4 Å². The predicted molar refractivity (Wildman–Crippen MR) is 95.4 cm³/mol. The smallest absolute Gasteiger partial charge is 0.293 e. The molecule has 1 amide bonds. The summed E-state index contributed by atoms with van der Waals surface area (Å²) in [7, 11) is 0. The second-order valence-corrected chi connectivity index (χ2v) is 6.68. The highest BCUT2D eigenvalue weighted by molar-refractivity contribution is 5.93. The highest BCUT2D eigenvalue weighted by atomic mass is 19.1. The summed E-state index contributed by atoms with van der Waals surface area (Å²) in [6, 6.07) is 9.53. The SMILES string of the molecule is CCCc1cc(C2CCCN2C(=O)c2cc(-c3ccccc3F)no2)no1. The van der Waals surface area contributed by atoms with Crippen LogP contribution in [0, 0.1) is 5.82 Å². The Balaban J connectivity index is 1.56. The van der Waals surface area contributed by atoms with Crippen LogP contribution in [0.5, 0.6) is 0 Å². The minimum Gasteiger partial charge on any atom is -0.361 e. The Labute approximate surface area is 155 Å². The van der Waals surface area contributed by atoms with Gasteiger partial charge in [0.15, 0.2) is 0 Å². The molecule has 0 bridgehead atoms. The second kappa shape index (κ2) is 7.34. The van der Waals surface area contributed by atoms with Crippen LogP contribution in [0.3, 0.4) is 0 Å². The van der Waals surface area contributed by atoms with Crippen molar-refractivity contribution in [2.75, 3.05) is 6.54 Å². The average Bonchev–Trinajstić information content (AvgIpc) is 3.42. The van der Waals surface area contributed by atoms with Crippen LogP contribution in [0.1, 0.15) is 54.2 Å². The third-order valence-corrected chi connectivity index (χ3v) is 4.80. The Bertz CT molecular complexity index is 949. The van der Waals surface area contributed by atoms with Gasteiger partial charge in [0, 0.05) is 30.7 Å². The fourth-order valence-electron chi connectivity index (χ4n) is 3.48. The van der Waals surface area contributed by atoms with E-state index in [1.54, 1.807) is 23.1 Å². The van der Waals surface area contributed by atoms with Crippen LogP contribution in [0.15, 0.2) is 45.4 Å². The van der Waals surface area contributed by atoms with E-state index >= 15 is 0 Å². The summed E-state index contributed by atoms with van der Waals surface area (Å²) in [5.74, 6) is 0.244. The molecule has 1 aromatic carbocycles. The molecule has 140 valence electrons. The van der Waals surface area contributed by atoms with Crippen molar-refractivity contribution in [1.29, 1.82) is 0 Å². The van der Waals surface area contributed by atoms with Crippen LogP contribution < -0.4 is 0 Å². The number of aryl methyl sites for hydroxylation is 1. The van der Waals surface area contributed by atoms with E-state index in [0.717, 1.165) is 37.1 Å². The molecule has 1 aliphatic heterocycles. The summed E-state index contributed by atoms with van der Waals surface area (Å²) >= 11 is 0. The van der Waals surface area contributed by atoms with Crippen molar-refractivity contribution in [3.8, 4) is 11.3 Å². The summed E-state index contributed by atoms with van der Waals surface area (Å²) in [5.41, 5.74) is 1.37. The third kappa shape index (κ3) is 3.37. The first-order chi connectivity index (χ1) is 13.2. The van der Waals surface area contributed by atoms with Crippen molar-refractivity contribution >= 4 is 5.91 Å². The number of carbonyl (C=O) groups is 1. The molecule has 1 aliphatic rings. The fraction of sp³-hybridized carbons (Fsp3) is 0.350. The molecule has 1 unspecified atom stereocenters. The quantitative estimate of drug-likeness (QED) is 0.667. The van der Waals surface area contributed by atoms with Crippen molar-refractivity contribution in [3.63, 3.8) is 0 Å². The van der Waals surface area contributed by atoms with Crippen molar-refractivity contribution < 1.29 is 18.2 Å². The standard InChI is InChI=1S/C20H20FN3O3/c1-2-6-13-11-17(23-26-13)18-9-5-10-24(18)20(25)19-12-16(22-27-19)14-7-3-4-8-15(14)21/h3-4,7-8,11-12,18H,2,5-6,9-10H2,1H3. The number of rotatable bonds is 5. The van der Waals surface area contributed by atoms with Gasteiger partial charge in [0.1, 0.15) is 23.0 Å². The largest absolute Gasteiger partial charge is 0.361 e. The van der Waals surface area contributed by atoms with Gasteiger partial charge in [0.25, 0.3) is 5.91 Å². The van der Waals surface area contributed by atoms with Gasteiger partial charge in [-0.3, -0.25) is 4.79 Å². The Morgan fingerprint density at radius 1 is 1.26 bits per heavy atom. The van der Waals surface area contributed by atoms with Gasteiger partial charge in [-0.2, -0.15) is 0 Å². The first-order valence-corrected chi connectivity index (χ1v) is 9.15. The molecule has 1 atom stereocenters. The van der Waals surface area contributed by atoms with Crippen molar-refractivity contribution in [2.24, 2.45) is 0 Å². The van der Waals surface area contributed by atoms with Gasteiger partial charge >= 0.3 is 0 Å². The van der Waals surface area contributed by atoms with Crippen LogP contribution in [0.2, 0.25) is 0 Å². The van der Waals surface area contributed by atoms with Gasteiger partial charge < -0.3 is 13.9 Å². The van der Waals surface area contributed by atoms with Crippen LogP contribution in [-0.4, -0.2) is 27.7 Å². The van der Waals surface area contributed by atoms with Gasteiger partial charge in [0.05, 0.1) is 6.04 Å². The van der Waals surface area contributed by atoms with Crippen molar-refractivity contribution in [2.45, 2.75) is 38.6 Å². The molecule has 27 heavy (non-hydrogen) atoms. The lowest BCUT2D eigenvalue weighted by molar-refractivity contribution is 0.0688. The lowest BCUT2D eigenvalue weighted by Crippen LogP contribution is -2.30. The molecular formula is C20H20FN3O3. The van der Waals surface area contributed by atoms with Crippen LogP contribution in [-0.2, 0) is 6.42 Å². The number of aromatic nitrogens is 2. The van der Waals surface area contributed by atoms with Gasteiger partial charge in [0.2, 0.25) is 5.76 Å². The number of benzene rings is 1. The number of carbonyl (C=O) groups excluding carboxylic acids is 1. The van der Waals surface area contributed by atoms with Gasteiger partial charge in [-0.25, -0.2) is 4.39 Å². The Morgan fingerprint density at radius 3 is 2.93 bits per heavy atom. The Morgan fingerprint density at radius 2 is 2.11 bits per heavy atom. The average molecular weight is 369 g/mol. The maximum absolute atomic E-state index is 13.9. The second-order valence-electron chi connectivity index (χ2n) is 6.68. The van der Waals surface area contributed by atoms with Crippen LogP contribution in [0.25, 0.3) is 11.3 Å². The lowest BCUT2D eigenvalue weighted by atomic mass is 10.1. The van der Waals surface area contributed by atoms with E-state index in [9.17, 15) is 9.18 Å². The minimum atomic E-state index is -0.408. The van der Waals surface area contributed by atoms with E-state index in [1.807, 2.05) is 6.07 Å². The normalized spacial score (nSPS) is 16.8. The number of amides is 1. The highest BCUT2D eigenvalue weighted by Crippen LogP contribution is 2.33. The molecule has 0 spiro atoms. The van der Waals surface area contributed by atoms with Gasteiger partial charge in [-0.05, 0) is 31.4 Å². The number of nitrogens with zero attached hydrogens (tertiary/aromatic N) is 3. The fourth-order valence-corrected chi connectivity index (χ4v) is 3.48. The zero-order valence-corrected chi connectivity index (χ0v) is 15.0. The van der Waals surface area contributed by atoms with E-state index in [1.165, 1.54) is 12.1 Å². The zero-order chi connectivity index (χ0) is 18.8. The van der Waals surface area contributed by atoms with E-state index in [-0.39, 0.29) is 17.7 Å². The van der Waals surface area contributed by atoms with E-state index < -0.39 is 5.82 Å². The highest BCUT2D eigenvalue weighted by Gasteiger charge is 2.34. The molecule has 1 fully saturated rings. The molecule has 0 saturated carbocycles. The molecule has 7 heteroatoms. The van der Waals surface area contributed by atoms with E-state index in [0.29, 0.717) is 17.8 Å². The molecule has 0 aliphatic carbocycles. The molecule has 3 aromatic rings. The molecule has 4 rings (SSSR count). The first-order valence-electron chi connectivity index (χ1n) is 9.15. The number of halogens is 1. The van der Waals surface area contributed by atoms with E-state index in [4.69, 9.17) is 9.05 Å². The summed E-state index contributed by atoms with van der Waals surface area (Å²) in [5, 5.41) is 8.01. The maximum atomic E-state index is 13.9. The van der Waals surface area contributed by atoms with Crippen LogP contribution >= 0.6 is 0 Å². The molecular weight excluding hydrogens is 349 g/mol. The molecule has 3 heterocycles. The topological polar surface area (TPSA) is 72.4 Å². The molecule has 6 nitrogen and oxygen atoms in total. The molecule has 0 radical (unpaired) electrons. The predicted octanol–water partition coefficient (Wildman–Crippen LogP) is 4.40. The Kier molecular flexibility index (Phi) is 4.75. The summed E-state index contributed by atoms with van der Waals surface area (Å²) in [4.78, 5) is 14.7. The number of hydrogen-bond acceptors (Lipinski definition) is 5. The Hall–Kier alpha value is -2.96. The van der Waals surface area contributed by atoms with E-state index in [2.05, 4.69) is 17.2 Å². The van der Waals surface area contributed by atoms with Gasteiger partial charge in [-0.1, -0.05) is 29.4 Å². The van der Waals surface area contributed by atoms with Crippen molar-refractivity contribution in [1.82, 2.24) is 15.2 Å². The molecule has 0 N–H and O–H groups in total. The summed E-state index contributed by atoms with van der Waals surface area (Å²) in [6.07, 6.45) is 3.49. The summed E-state index contributed by atoms with van der Waals surface area (Å²) < 4.78 is 24.5. The first kappa shape index (κ1) is 17.5. The lowest BCUT2D eigenvalue weighted by Gasteiger charge is -2.21. The zero-order valence-electron chi connectivity index (χ0n) is 15.0. The monoisotopic (exact) mass is 369 g/mol. The van der Waals surface area contributed by atoms with Gasteiger partial charge in [-0.15, -0.1) is 0 Å². The summed E-state index contributed by atoms with van der Waals surface area (Å²) in [6.45, 7) is 2.68.